The molecule has 1 aliphatic carbocycles. The maximum absolute atomic E-state index is 2.45. The average molecular weight is 140 g/mol. The van der Waals surface area contributed by atoms with Gasteiger partial charge in [0.05, 0.1) is 0 Å². The van der Waals surface area contributed by atoms with Crippen LogP contribution < -0.4 is 0 Å². The monoisotopic (exact) mass is 140 g/mol. The largest absolute Gasteiger partial charge is 0.0654 e. The van der Waals surface area contributed by atoms with Crippen LogP contribution in [0.25, 0.3) is 0 Å². The first-order valence-electron chi connectivity index (χ1n) is 4.66. The van der Waals surface area contributed by atoms with Gasteiger partial charge in [-0.3, -0.25) is 0 Å². The fourth-order valence-electron chi connectivity index (χ4n) is 2.43. The average Bonchev–Trinajstić information content (AvgIpc) is 1.81. The molecule has 0 atom stereocenters. The van der Waals surface area contributed by atoms with Crippen molar-refractivity contribution in [3.8, 4) is 0 Å². The minimum atomic E-state index is 0.745. The molecular formula is C10H20. The minimum absolute atomic E-state index is 0.745. The highest BCUT2D eigenvalue weighted by molar-refractivity contribution is 4.87. The molecule has 0 N–H and O–H groups in total. The molecule has 0 aromatic rings. The smallest absolute Gasteiger partial charge is 0.0321 e. The van der Waals surface area contributed by atoms with Gasteiger partial charge in [-0.25, -0.2) is 0 Å². The molecule has 0 aromatic heterocycles. The summed E-state index contributed by atoms with van der Waals surface area (Å²) in [5.41, 5.74) is 0.745. The van der Waals surface area contributed by atoms with Gasteiger partial charge in [-0.1, -0.05) is 33.6 Å². The Kier molecular flexibility index (Phi) is 2.38. The van der Waals surface area contributed by atoms with Gasteiger partial charge in [0.1, 0.15) is 0 Å². The first kappa shape index (κ1) is 8.10. The highest BCUT2D eigenvalue weighted by Crippen LogP contribution is 2.48. The maximum atomic E-state index is 2.45. The standard InChI is InChI=1S/C10H20/c1-4-5-6-10(3)7-9(2)8-10/h9H,4-8H2,1-3H3. The fraction of sp³-hybridized carbons (Fsp3) is 1.00. The zero-order chi connectivity index (χ0) is 7.61. The first-order valence-corrected chi connectivity index (χ1v) is 4.66. The molecule has 0 heteroatoms. The highest BCUT2D eigenvalue weighted by Gasteiger charge is 2.36. The van der Waals surface area contributed by atoms with Crippen molar-refractivity contribution in [3.63, 3.8) is 0 Å². The number of hydrogen-bond donors (Lipinski definition) is 0. The highest BCUT2D eigenvalue weighted by atomic mass is 14.4. The van der Waals surface area contributed by atoms with E-state index in [0.29, 0.717) is 0 Å². The summed E-state index contributed by atoms with van der Waals surface area (Å²) in [5, 5.41) is 0. The summed E-state index contributed by atoms with van der Waals surface area (Å²) in [7, 11) is 0. The van der Waals surface area contributed by atoms with E-state index < -0.39 is 0 Å². The summed E-state index contributed by atoms with van der Waals surface area (Å²) < 4.78 is 0. The second-order valence-electron chi connectivity index (χ2n) is 4.43. The number of unbranched alkanes of at least 4 members (excludes halogenated alkanes) is 1. The van der Waals surface area contributed by atoms with Crippen LogP contribution in [0.4, 0.5) is 0 Å². The van der Waals surface area contributed by atoms with Gasteiger partial charge in [-0.15, -0.1) is 0 Å². The lowest BCUT2D eigenvalue weighted by atomic mass is 9.62. The third-order valence-corrected chi connectivity index (χ3v) is 2.82. The van der Waals surface area contributed by atoms with E-state index in [4.69, 9.17) is 0 Å². The molecule has 1 saturated carbocycles. The van der Waals surface area contributed by atoms with Crippen LogP contribution in [-0.2, 0) is 0 Å². The number of hydrogen-bond acceptors (Lipinski definition) is 0. The Morgan fingerprint density at radius 2 is 2.00 bits per heavy atom. The van der Waals surface area contributed by atoms with Gasteiger partial charge >= 0.3 is 0 Å². The summed E-state index contributed by atoms with van der Waals surface area (Å²) in [6.45, 7) is 7.10. The Labute approximate surface area is 65.0 Å². The lowest BCUT2D eigenvalue weighted by molar-refractivity contribution is 0.0748. The Balaban J connectivity index is 2.15. The van der Waals surface area contributed by atoms with Crippen molar-refractivity contribution in [2.75, 3.05) is 0 Å². The molecule has 0 radical (unpaired) electrons. The minimum Gasteiger partial charge on any atom is -0.0654 e. The van der Waals surface area contributed by atoms with Gasteiger partial charge < -0.3 is 0 Å². The van der Waals surface area contributed by atoms with Crippen molar-refractivity contribution in [2.45, 2.75) is 52.9 Å². The van der Waals surface area contributed by atoms with Crippen LogP contribution in [0, 0.1) is 11.3 Å². The third kappa shape index (κ3) is 1.74. The first-order chi connectivity index (χ1) is 4.66. The van der Waals surface area contributed by atoms with Crippen LogP contribution in [0.1, 0.15) is 52.9 Å². The summed E-state index contributed by atoms with van der Waals surface area (Å²) in [6, 6.07) is 0. The van der Waals surface area contributed by atoms with E-state index >= 15 is 0 Å². The SMILES string of the molecule is CCCCC1(C)CC(C)C1. The van der Waals surface area contributed by atoms with Crippen LogP contribution in [0.5, 0.6) is 0 Å². The molecule has 0 aromatic carbocycles. The van der Waals surface area contributed by atoms with Gasteiger partial charge in [-0.2, -0.15) is 0 Å². The van der Waals surface area contributed by atoms with Gasteiger partial charge in [0.2, 0.25) is 0 Å². The lowest BCUT2D eigenvalue weighted by Crippen LogP contribution is -2.32. The zero-order valence-electron chi connectivity index (χ0n) is 7.61. The zero-order valence-corrected chi connectivity index (χ0v) is 7.61. The molecule has 0 saturated heterocycles. The van der Waals surface area contributed by atoms with Crippen LogP contribution >= 0.6 is 0 Å². The Bertz CT molecular complexity index is 98.6. The van der Waals surface area contributed by atoms with Crippen LogP contribution in [0.3, 0.4) is 0 Å². The Morgan fingerprint density at radius 1 is 1.40 bits per heavy atom. The van der Waals surface area contributed by atoms with Crippen molar-refractivity contribution in [3.05, 3.63) is 0 Å². The van der Waals surface area contributed by atoms with E-state index in [0.717, 1.165) is 11.3 Å². The molecule has 1 aliphatic rings. The van der Waals surface area contributed by atoms with Crippen molar-refractivity contribution in [2.24, 2.45) is 11.3 Å². The molecule has 0 nitrogen and oxygen atoms in total. The second kappa shape index (κ2) is 2.94. The fourth-order valence-corrected chi connectivity index (χ4v) is 2.43. The van der Waals surface area contributed by atoms with E-state index in [9.17, 15) is 0 Å². The topological polar surface area (TPSA) is 0 Å². The van der Waals surface area contributed by atoms with Crippen molar-refractivity contribution in [1.29, 1.82) is 0 Å². The van der Waals surface area contributed by atoms with Gasteiger partial charge in [0, 0.05) is 0 Å². The van der Waals surface area contributed by atoms with E-state index in [1.807, 2.05) is 0 Å². The predicted molar refractivity (Wildman–Crippen MR) is 46.0 cm³/mol. The van der Waals surface area contributed by atoms with Crippen LogP contribution in [-0.4, -0.2) is 0 Å². The quantitative estimate of drug-likeness (QED) is 0.561. The molecule has 10 heavy (non-hydrogen) atoms. The molecule has 0 bridgehead atoms. The van der Waals surface area contributed by atoms with Crippen molar-refractivity contribution in [1.82, 2.24) is 0 Å². The predicted octanol–water partition coefficient (Wildman–Crippen LogP) is 3.61. The molecule has 1 rings (SSSR count). The van der Waals surface area contributed by atoms with E-state index in [-0.39, 0.29) is 0 Å². The number of rotatable bonds is 3. The summed E-state index contributed by atoms with van der Waals surface area (Å²) >= 11 is 0. The van der Waals surface area contributed by atoms with Crippen LogP contribution in [0.15, 0.2) is 0 Å². The Hall–Kier alpha value is 0. The molecule has 1 fully saturated rings. The molecule has 0 heterocycles. The van der Waals surface area contributed by atoms with Gasteiger partial charge in [0.15, 0.2) is 0 Å². The molecular weight excluding hydrogens is 120 g/mol. The lowest BCUT2D eigenvalue weighted by Gasteiger charge is -2.44. The molecule has 0 amide bonds. The van der Waals surface area contributed by atoms with Gasteiger partial charge in [-0.05, 0) is 30.6 Å². The third-order valence-electron chi connectivity index (χ3n) is 2.82. The normalized spacial score (nSPS) is 39.3. The van der Waals surface area contributed by atoms with Crippen molar-refractivity contribution >= 4 is 0 Å². The molecule has 0 spiro atoms. The van der Waals surface area contributed by atoms with E-state index in [1.54, 1.807) is 0 Å². The van der Waals surface area contributed by atoms with Crippen LogP contribution in [0.2, 0.25) is 0 Å². The van der Waals surface area contributed by atoms with E-state index in [1.165, 1.54) is 32.1 Å². The Morgan fingerprint density at radius 3 is 2.40 bits per heavy atom. The summed E-state index contributed by atoms with van der Waals surface area (Å²) in [5.74, 6) is 1.02. The summed E-state index contributed by atoms with van der Waals surface area (Å²) in [4.78, 5) is 0. The molecule has 60 valence electrons. The molecule has 0 unspecified atom stereocenters. The van der Waals surface area contributed by atoms with Gasteiger partial charge in [0.25, 0.3) is 0 Å². The second-order valence-corrected chi connectivity index (χ2v) is 4.43. The van der Waals surface area contributed by atoms with E-state index in [2.05, 4.69) is 20.8 Å². The maximum Gasteiger partial charge on any atom is -0.0321 e. The molecule has 0 aliphatic heterocycles. The summed E-state index contributed by atoms with van der Waals surface area (Å²) in [6.07, 6.45) is 7.22. The van der Waals surface area contributed by atoms with Crippen molar-refractivity contribution < 1.29 is 0 Å².